The Morgan fingerprint density at radius 3 is 2.00 bits per heavy atom. The highest BCUT2D eigenvalue weighted by atomic mass is 123. The fraction of sp³-hybridized carbons (Fsp3) is 0.286. The maximum Gasteiger partial charge on any atom is 0.262 e. The molecule has 7 heteroatoms. The monoisotopic (exact) mass is 485 g/mol. The Bertz CT molecular complexity index is 886. The minimum Gasteiger partial charge on any atom is -0.339 e. The molecule has 1 saturated heterocycles. The Kier molecular flexibility index (Phi) is 5.45. The van der Waals surface area contributed by atoms with Crippen LogP contribution in [0, 0.1) is 3.57 Å². The second-order valence-corrected chi connectivity index (χ2v) is 8.27. The summed E-state index contributed by atoms with van der Waals surface area (Å²) in [5.74, 6) is -0.944. The summed E-state index contributed by atoms with van der Waals surface area (Å²) in [6, 6.07) is 15.1. The smallest absolute Gasteiger partial charge is 0.262 e. The van der Waals surface area contributed by atoms with Gasteiger partial charge in [0, 0.05) is 36.3 Å². The van der Waals surface area contributed by atoms with E-state index in [4.69, 9.17) is 0 Å². The summed E-state index contributed by atoms with van der Waals surface area (Å²) in [4.78, 5) is 42.6. The van der Waals surface area contributed by atoms with Crippen molar-refractivity contribution in [3.63, 3.8) is 0 Å². The third-order valence-corrected chi connectivity index (χ3v) is 5.94. The molecule has 3 amide bonds. The van der Waals surface area contributed by atoms with E-state index in [-0.39, 0.29) is 24.3 Å². The van der Waals surface area contributed by atoms with Gasteiger partial charge in [0.15, 0.2) is 0 Å². The first-order valence-electron chi connectivity index (χ1n) is 9.23. The number of hydrogen-bond acceptors (Lipinski definition) is 4. The first-order valence-corrected chi connectivity index (χ1v) is 10.3. The molecule has 4 rings (SSSR count). The minimum absolute atomic E-state index is 0.177. The fourth-order valence-corrected chi connectivity index (χ4v) is 3.98. The van der Waals surface area contributed by atoms with Gasteiger partial charge in [0.2, 0.25) is 5.91 Å². The Labute approximate surface area is 177 Å². The fourth-order valence-electron chi connectivity index (χ4n) is 3.62. The quantitative estimate of drug-likeness (QED) is 0.493. The van der Waals surface area contributed by atoms with Crippen molar-refractivity contribution in [1.82, 2.24) is 14.7 Å². The number of fused-ring (bicyclic) bond motifs is 1. The number of piperazine rings is 1. The lowest BCUT2D eigenvalue weighted by molar-refractivity contribution is -0.133. The van der Waals surface area contributed by atoms with Crippen LogP contribution in [0.25, 0.3) is 0 Å². The minimum atomic E-state index is -0.383. The maximum absolute atomic E-state index is 12.7. The highest BCUT2D eigenvalue weighted by molar-refractivity contribution is 14.1. The van der Waals surface area contributed by atoms with E-state index in [1.54, 1.807) is 29.2 Å². The molecule has 2 aromatic rings. The molecule has 2 aromatic carbocycles. The molecule has 0 aliphatic carbocycles. The number of benzene rings is 2. The number of carbonyl (C=O) groups excluding carboxylic acids is 3. The van der Waals surface area contributed by atoms with Crippen LogP contribution in [0.3, 0.4) is 0 Å². The number of imide groups is 1. The molecular formula is C21H20IN3O3. The van der Waals surface area contributed by atoms with E-state index in [0.29, 0.717) is 24.2 Å². The van der Waals surface area contributed by atoms with Crippen LogP contribution in [0.4, 0.5) is 0 Å². The summed E-state index contributed by atoms with van der Waals surface area (Å²) in [5.41, 5.74) is 2.01. The van der Waals surface area contributed by atoms with Gasteiger partial charge >= 0.3 is 0 Å². The van der Waals surface area contributed by atoms with Crippen molar-refractivity contribution in [1.29, 1.82) is 0 Å². The van der Waals surface area contributed by atoms with Gasteiger partial charge in [-0.15, -0.1) is 0 Å². The highest BCUT2D eigenvalue weighted by Gasteiger charge is 2.37. The molecule has 0 atom stereocenters. The van der Waals surface area contributed by atoms with Crippen LogP contribution >= 0.6 is 22.6 Å². The standard InChI is InChI=1S/C21H20IN3O3/c22-16-7-5-15(6-8-16)13-23-9-11-24(12-10-23)19(26)14-25-20(27)17-3-1-2-4-18(17)21(25)28/h1-8H,9-14H2/i22-4. The van der Waals surface area contributed by atoms with Gasteiger partial charge in [-0.25, -0.2) is 0 Å². The van der Waals surface area contributed by atoms with Crippen molar-refractivity contribution in [2.75, 3.05) is 32.7 Å². The van der Waals surface area contributed by atoms with Crippen LogP contribution in [-0.2, 0) is 11.3 Å². The first kappa shape index (κ1) is 19.1. The van der Waals surface area contributed by atoms with Crippen LogP contribution in [0.15, 0.2) is 48.5 Å². The van der Waals surface area contributed by atoms with Crippen molar-refractivity contribution < 1.29 is 14.4 Å². The lowest BCUT2D eigenvalue weighted by Gasteiger charge is -2.35. The Hall–Kier alpha value is -2.26. The zero-order chi connectivity index (χ0) is 19.7. The summed E-state index contributed by atoms with van der Waals surface area (Å²) >= 11 is 2.29. The summed E-state index contributed by atoms with van der Waals surface area (Å²) < 4.78 is 1.21. The Morgan fingerprint density at radius 1 is 0.857 bits per heavy atom. The largest absolute Gasteiger partial charge is 0.339 e. The van der Waals surface area contributed by atoms with E-state index in [2.05, 4.69) is 51.8 Å². The maximum atomic E-state index is 12.7. The number of nitrogens with zero attached hydrogens (tertiary/aromatic N) is 3. The number of rotatable bonds is 4. The Balaban J connectivity index is 1.32. The molecule has 6 nitrogen and oxygen atoms in total. The van der Waals surface area contributed by atoms with Crippen LogP contribution in [-0.4, -0.2) is 65.1 Å². The third-order valence-electron chi connectivity index (χ3n) is 5.22. The summed E-state index contributed by atoms with van der Waals surface area (Å²) in [6.45, 7) is 3.43. The molecule has 144 valence electrons. The van der Waals surface area contributed by atoms with E-state index in [1.165, 1.54) is 9.13 Å². The predicted octanol–water partition coefficient (Wildman–Crippen LogP) is 2.23. The molecule has 0 N–H and O–H groups in total. The van der Waals surface area contributed by atoms with Gasteiger partial charge in [0.05, 0.1) is 11.1 Å². The second-order valence-electron chi connectivity index (χ2n) is 7.03. The zero-order valence-corrected chi connectivity index (χ0v) is 17.5. The van der Waals surface area contributed by atoms with E-state index in [0.717, 1.165) is 24.5 Å². The second kappa shape index (κ2) is 8.00. The van der Waals surface area contributed by atoms with Crippen molar-refractivity contribution in [3.05, 3.63) is 68.8 Å². The predicted molar refractivity (Wildman–Crippen MR) is 113 cm³/mol. The van der Waals surface area contributed by atoms with E-state index < -0.39 is 0 Å². The van der Waals surface area contributed by atoms with E-state index >= 15 is 0 Å². The van der Waals surface area contributed by atoms with Crippen LogP contribution in [0.2, 0.25) is 0 Å². The number of carbonyl (C=O) groups is 3. The molecule has 28 heavy (non-hydrogen) atoms. The highest BCUT2D eigenvalue weighted by Crippen LogP contribution is 2.22. The number of halogens is 1. The van der Waals surface area contributed by atoms with Crippen LogP contribution < -0.4 is 0 Å². The molecule has 2 heterocycles. The number of hydrogen-bond donors (Lipinski definition) is 0. The molecule has 0 bridgehead atoms. The zero-order valence-electron chi connectivity index (χ0n) is 15.3. The van der Waals surface area contributed by atoms with Gasteiger partial charge in [-0.1, -0.05) is 24.3 Å². The van der Waals surface area contributed by atoms with E-state index in [1.807, 2.05) is 0 Å². The summed E-state index contributed by atoms with van der Waals surface area (Å²) in [5, 5.41) is 0. The van der Waals surface area contributed by atoms with Gasteiger partial charge in [0.25, 0.3) is 11.8 Å². The average molecular weight is 485 g/mol. The van der Waals surface area contributed by atoms with Crippen LogP contribution in [0.5, 0.6) is 0 Å². The number of amides is 3. The molecule has 0 saturated carbocycles. The SMILES string of the molecule is O=C(CN1C(=O)c2ccccc2C1=O)N1CCN(Cc2ccc([123I])cc2)CC1. The molecule has 0 spiro atoms. The van der Waals surface area contributed by atoms with Gasteiger partial charge in [-0.3, -0.25) is 24.2 Å². The van der Waals surface area contributed by atoms with E-state index in [9.17, 15) is 14.4 Å². The topological polar surface area (TPSA) is 60.9 Å². The Morgan fingerprint density at radius 2 is 1.43 bits per heavy atom. The normalized spacial score (nSPS) is 17.2. The summed E-state index contributed by atoms with van der Waals surface area (Å²) in [7, 11) is 0. The molecule has 1 fully saturated rings. The first-order chi connectivity index (χ1) is 13.5. The van der Waals surface area contributed by atoms with Gasteiger partial charge in [0.1, 0.15) is 6.54 Å². The lowest BCUT2D eigenvalue weighted by Crippen LogP contribution is -2.51. The lowest BCUT2D eigenvalue weighted by atomic mass is 10.1. The van der Waals surface area contributed by atoms with Gasteiger partial charge in [-0.2, -0.15) is 0 Å². The van der Waals surface area contributed by atoms with Crippen LogP contribution in [0.1, 0.15) is 26.3 Å². The van der Waals surface area contributed by atoms with Crippen molar-refractivity contribution in [2.45, 2.75) is 6.54 Å². The molecule has 2 aliphatic heterocycles. The average Bonchev–Trinajstić information content (AvgIpc) is 2.95. The molecule has 2 aliphatic rings. The molecular weight excluding hydrogens is 465 g/mol. The van der Waals surface area contributed by atoms with Crippen molar-refractivity contribution in [2.24, 2.45) is 0 Å². The van der Waals surface area contributed by atoms with Gasteiger partial charge in [-0.05, 0) is 52.4 Å². The van der Waals surface area contributed by atoms with Crippen molar-refractivity contribution >= 4 is 40.3 Å². The third kappa shape index (κ3) is 3.81. The molecule has 0 aromatic heterocycles. The summed E-state index contributed by atoms with van der Waals surface area (Å²) in [6.07, 6.45) is 0. The molecule has 0 unspecified atom stereocenters. The van der Waals surface area contributed by atoms with Crippen molar-refractivity contribution in [3.8, 4) is 0 Å². The molecule has 0 radical (unpaired) electrons. The van der Waals surface area contributed by atoms with Gasteiger partial charge < -0.3 is 4.90 Å².